The van der Waals surface area contributed by atoms with E-state index in [0.717, 1.165) is 6.07 Å². The Bertz CT molecular complexity index is 603. The highest BCUT2D eigenvalue weighted by molar-refractivity contribution is 7.89. The lowest BCUT2D eigenvalue weighted by atomic mass is 10.1. The number of rotatable bonds is 4. The van der Waals surface area contributed by atoms with E-state index in [1.54, 1.807) is 0 Å². The van der Waals surface area contributed by atoms with Crippen LogP contribution in [0.3, 0.4) is 0 Å². The van der Waals surface area contributed by atoms with Crippen LogP contribution in [0.4, 0.5) is 10.1 Å². The van der Waals surface area contributed by atoms with E-state index in [-0.39, 0.29) is 29.1 Å². The Labute approximate surface area is 106 Å². The van der Waals surface area contributed by atoms with Crippen LogP contribution < -0.4 is 10.5 Å². The third-order valence-electron chi connectivity index (χ3n) is 2.53. The fourth-order valence-corrected chi connectivity index (χ4v) is 3.18. The summed E-state index contributed by atoms with van der Waals surface area (Å²) in [6.07, 6.45) is 5.33. The lowest BCUT2D eigenvalue weighted by Gasteiger charge is -2.13. The average molecular weight is 270 g/mol. The van der Waals surface area contributed by atoms with E-state index < -0.39 is 15.8 Å². The first-order chi connectivity index (χ1) is 8.31. The van der Waals surface area contributed by atoms with Crippen molar-refractivity contribution in [1.82, 2.24) is 4.72 Å². The number of anilines is 1. The molecular weight excluding hydrogens is 255 g/mol. The quantitative estimate of drug-likeness (QED) is 0.492. The maximum atomic E-state index is 13.3. The monoisotopic (exact) mass is 270 g/mol. The minimum Gasteiger partial charge on any atom is -0.396 e. The zero-order chi connectivity index (χ0) is 13.9. The molecule has 3 N–H and O–H groups in total. The lowest BCUT2D eigenvalue weighted by Crippen LogP contribution is -2.26. The van der Waals surface area contributed by atoms with Crippen molar-refractivity contribution in [2.45, 2.75) is 25.2 Å². The molecule has 1 aromatic rings. The number of nitrogens with two attached hydrogens (primary N) is 1. The van der Waals surface area contributed by atoms with Crippen LogP contribution in [0.1, 0.15) is 17.5 Å². The molecule has 0 amide bonds. The molecule has 98 valence electrons. The summed E-state index contributed by atoms with van der Waals surface area (Å²) < 4.78 is 39.8. The molecule has 1 aromatic carbocycles. The highest BCUT2D eigenvalue weighted by Crippen LogP contribution is 2.27. The third kappa shape index (κ3) is 2.81. The first-order valence-corrected chi connectivity index (χ1v) is 6.78. The number of hydrogen-bond acceptors (Lipinski definition) is 3. The summed E-state index contributed by atoms with van der Waals surface area (Å²) in [5.74, 6) is 1.71. The molecule has 0 saturated carbocycles. The number of aryl methyl sites for hydroxylation is 1. The van der Waals surface area contributed by atoms with Crippen LogP contribution in [0, 0.1) is 32.0 Å². The second kappa shape index (κ2) is 5.38. The Morgan fingerprint density at radius 2 is 2.11 bits per heavy atom. The zero-order valence-corrected chi connectivity index (χ0v) is 11.1. The summed E-state index contributed by atoms with van der Waals surface area (Å²) >= 11 is 0. The molecule has 0 saturated heterocycles. The van der Waals surface area contributed by atoms with Crippen molar-refractivity contribution >= 4 is 15.7 Å². The first kappa shape index (κ1) is 14.5. The van der Waals surface area contributed by atoms with Crippen LogP contribution >= 0.6 is 0 Å². The van der Waals surface area contributed by atoms with E-state index in [1.807, 2.05) is 0 Å². The topological polar surface area (TPSA) is 72.2 Å². The Morgan fingerprint density at radius 3 is 2.67 bits per heavy atom. The lowest BCUT2D eigenvalue weighted by molar-refractivity contribution is 0.580. The van der Waals surface area contributed by atoms with Gasteiger partial charge in [-0.25, -0.2) is 17.5 Å². The normalized spacial score (nSPS) is 11.2. The molecule has 0 aliphatic rings. The summed E-state index contributed by atoms with van der Waals surface area (Å²) in [4.78, 5) is 0.0124. The minimum absolute atomic E-state index is 0.0124. The van der Waals surface area contributed by atoms with Gasteiger partial charge in [0.15, 0.2) is 0 Å². The van der Waals surface area contributed by atoms with Gasteiger partial charge in [0, 0.05) is 13.0 Å². The molecule has 0 unspecified atom stereocenters. The molecule has 6 heteroatoms. The number of hydrogen-bond donors (Lipinski definition) is 2. The van der Waals surface area contributed by atoms with Gasteiger partial charge in [-0.05, 0) is 31.0 Å². The SMILES string of the molecule is C#CCCNS(=O)(=O)c1c(C)cc(F)c(N)c1C. The molecule has 0 spiro atoms. The molecule has 0 atom stereocenters. The van der Waals surface area contributed by atoms with Gasteiger partial charge in [0.1, 0.15) is 5.82 Å². The molecule has 1 rings (SSSR count). The largest absolute Gasteiger partial charge is 0.396 e. The Balaban J connectivity index is 3.26. The van der Waals surface area contributed by atoms with Crippen LogP contribution in [0.15, 0.2) is 11.0 Å². The highest BCUT2D eigenvalue weighted by Gasteiger charge is 2.22. The molecule has 0 bridgehead atoms. The van der Waals surface area contributed by atoms with Gasteiger partial charge >= 0.3 is 0 Å². The van der Waals surface area contributed by atoms with E-state index >= 15 is 0 Å². The van der Waals surface area contributed by atoms with Crippen molar-refractivity contribution in [2.24, 2.45) is 0 Å². The molecule has 0 aliphatic heterocycles. The van der Waals surface area contributed by atoms with Gasteiger partial charge in [0.05, 0.1) is 10.6 Å². The number of terminal acetylenes is 1. The highest BCUT2D eigenvalue weighted by atomic mass is 32.2. The third-order valence-corrected chi connectivity index (χ3v) is 4.28. The van der Waals surface area contributed by atoms with Gasteiger partial charge in [-0.1, -0.05) is 0 Å². The minimum atomic E-state index is -3.73. The Hall–Kier alpha value is -1.58. The van der Waals surface area contributed by atoms with Crippen LogP contribution in [0.5, 0.6) is 0 Å². The predicted octanol–water partition coefficient (Wildman–Crippen LogP) is 1.33. The van der Waals surface area contributed by atoms with Crippen LogP contribution in [0.25, 0.3) is 0 Å². The summed E-state index contributed by atoms with van der Waals surface area (Å²) in [6, 6.07) is 1.11. The van der Waals surface area contributed by atoms with Crippen molar-refractivity contribution < 1.29 is 12.8 Å². The Morgan fingerprint density at radius 1 is 1.50 bits per heavy atom. The van der Waals surface area contributed by atoms with Crippen molar-refractivity contribution in [3.63, 3.8) is 0 Å². The standard InChI is InChI=1S/C12H15FN2O2S/c1-4-5-6-15-18(16,17)12-8(2)7-10(13)11(14)9(12)3/h1,7,15H,5-6,14H2,2-3H3. The number of halogens is 1. The van der Waals surface area contributed by atoms with Gasteiger partial charge in [0.2, 0.25) is 10.0 Å². The first-order valence-electron chi connectivity index (χ1n) is 5.29. The molecule has 0 fully saturated rings. The second-order valence-electron chi connectivity index (χ2n) is 3.89. The van der Waals surface area contributed by atoms with E-state index in [9.17, 15) is 12.8 Å². The fourth-order valence-electron chi connectivity index (χ4n) is 1.67. The van der Waals surface area contributed by atoms with Crippen molar-refractivity contribution in [2.75, 3.05) is 12.3 Å². The van der Waals surface area contributed by atoms with Gasteiger partial charge in [-0.15, -0.1) is 12.3 Å². The second-order valence-corrected chi connectivity index (χ2v) is 5.60. The maximum absolute atomic E-state index is 13.3. The van der Waals surface area contributed by atoms with E-state index in [1.165, 1.54) is 13.8 Å². The van der Waals surface area contributed by atoms with Crippen molar-refractivity contribution in [1.29, 1.82) is 0 Å². The number of nitrogen functional groups attached to an aromatic ring is 1. The predicted molar refractivity (Wildman–Crippen MR) is 68.9 cm³/mol. The summed E-state index contributed by atoms with van der Waals surface area (Å²) in [7, 11) is -3.73. The molecule has 0 aromatic heterocycles. The van der Waals surface area contributed by atoms with E-state index in [4.69, 9.17) is 12.2 Å². The number of sulfonamides is 1. The van der Waals surface area contributed by atoms with Crippen molar-refractivity contribution in [3.05, 3.63) is 23.0 Å². The van der Waals surface area contributed by atoms with E-state index in [2.05, 4.69) is 10.6 Å². The number of benzene rings is 1. The van der Waals surface area contributed by atoms with Crippen LogP contribution in [0.2, 0.25) is 0 Å². The fraction of sp³-hybridized carbons (Fsp3) is 0.333. The Kier molecular flexibility index (Phi) is 4.33. The molecule has 0 radical (unpaired) electrons. The summed E-state index contributed by atoms with van der Waals surface area (Å²) in [5, 5.41) is 0. The maximum Gasteiger partial charge on any atom is 0.241 e. The molecule has 4 nitrogen and oxygen atoms in total. The van der Waals surface area contributed by atoms with E-state index in [0.29, 0.717) is 5.56 Å². The molecule has 0 aliphatic carbocycles. The van der Waals surface area contributed by atoms with Gasteiger partial charge < -0.3 is 5.73 Å². The van der Waals surface area contributed by atoms with Gasteiger partial charge in [-0.3, -0.25) is 0 Å². The molecule has 0 heterocycles. The van der Waals surface area contributed by atoms with Gasteiger partial charge in [0.25, 0.3) is 0 Å². The van der Waals surface area contributed by atoms with Crippen LogP contribution in [-0.4, -0.2) is 15.0 Å². The zero-order valence-electron chi connectivity index (χ0n) is 10.2. The summed E-state index contributed by atoms with van der Waals surface area (Å²) in [6.45, 7) is 3.13. The van der Waals surface area contributed by atoms with Crippen molar-refractivity contribution in [3.8, 4) is 12.3 Å². The average Bonchev–Trinajstić information content (AvgIpc) is 2.25. The van der Waals surface area contributed by atoms with Gasteiger partial charge in [-0.2, -0.15) is 0 Å². The number of nitrogens with one attached hydrogen (secondary N) is 1. The van der Waals surface area contributed by atoms with Crippen LogP contribution in [-0.2, 0) is 10.0 Å². The molecule has 18 heavy (non-hydrogen) atoms. The summed E-state index contributed by atoms with van der Waals surface area (Å²) in [5.41, 5.74) is 5.87. The smallest absolute Gasteiger partial charge is 0.241 e. The molecular formula is C12H15FN2O2S.